The van der Waals surface area contributed by atoms with Gasteiger partial charge >= 0.3 is 0 Å². The summed E-state index contributed by atoms with van der Waals surface area (Å²) < 4.78 is 1.14. The molecular weight excluding hydrogens is 258 g/mol. The molecule has 2 aliphatic rings. The Bertz CT molecular complexity index is 612. The van der Waals surface area contributed by atoms with E-state index in [4.69, 9.17) is 5.73 Å². The molecule has 2 bridgehead atoms. The van der Waals surface area contributed by atoms with Crippen LogP contribution in [0, 0.1) is 0 Å². The fraction of sp³-hybridized carbons (Fsp3) is 0.500. The minimum Gasteiger partial charge on any atom is -0.395 e. The van der Waals surface area contributed by atoms with Gasteiger partial charge < -0.3 is 15.7 Å². The molecule has 2 aliphatic heterocycles. The zero-order valence-electron chi connectivity index (χ0n) is 10.6. The van der Waals surface area contributed by atoms with Gasteiger partial charge in [0.05, 0.1) is 27.7 Å². The molecule has 2 unspecified atom stereocenters. The molecule has 2 fully saturated rings. The van der Waals surface area contributed by atoms with Crippen LogP contribution < -0.4 is 10.6 Å². The summed E-state index contributed by atoms with van der Waals surface area (Å²) in [5.74, 6) is 0. The Balaban J connectivity index is 1.80. The lowest BCUT2D eigenvalue weighted by atomic mass is 9.98. The van der Waals surface area contributed by atoms with E-state index in [0.717, 1.165) is 47.3 Å². The molecule has 2 saturated heterocycles. The molecule has 3 N–H and O–H groups in total. The molecule has 4 rings (SSSR count). The number of nitrogens with two attached hydrogens (primary N) is 1. The van der Waals surface area contributed by atoms with Crippen molar-refractivity contribution in [1.29, 1.82) is 0 Å². The third-order valence-corrected chi connectivity index (χ3v) is 5.30. The van der Waals surface area contributed by atoms with Crippen LogP contribution in [0.15, 0.2) is 17.6 Å². The summed E-state index contributed by atoms with van der Waals surface area (Å²) >= 11 is 1.62. The number of nitrogens with zero attached hydrogens (tertiary/aromatic N) is 2. The minimum absolute atomic E-state index is 0.141. The molecule has 0 aliphatic carbocycles. The van der Waals surface area contributed by atoms with Gasteiger partial charge in [0.15, 0.2) is 0 Å². The molecule has 2 atom stereocenters. The molecule has 0 saturated carbocycles. The van der Waals surface area contributed by atoms with Crippen LogP contribution in [-0.4, -0.2) is 28.3 Å². The fourth-order valence-electron chi connectivity index (χ4n) is 3.71. The van der Waals surface area contributed by atoms with Gasteiger partial charge in [-0.2, -0.15) is 0 Å². The highest BCUT2D eigenvalue weighted by Crippen LogP contribution is 2.43. The van der Waals surface area contributed by atoms with Crippen LogP contribution in [0.25, 0.3) is 10.2 Å². The Labute approximate surface area is 115 Å². The van der Waals surface area contributed by atoms with Crippen LogP contribution in [-0.2, 0) is 0 Å². The molecule has 100 valence electrons. The van der Waals surface area contributed by atoms with Crippen molar-refractivity contribution in [2.75, 3.05) is 10.6 Å². The lowest BCUT2D eigenvalue weighted by Crippen LogP contribution is -2.45. The van der Waals surface area contributed by atoms with E-state index in [0.29, 0.717) is 12.1 Å². The molecule has 0 spiro atoms. The van der Waals surface area contributed by atoms with Crippen molar-refractivity contribution in [2.45, 2.75) is 43.9 Å². The van der Waals surface area contributed by atoms with E-state index in [1.54, 1.807) is 11.3 Å². The van der Waals surface area contributed by atoms with Gasteiger partial charge in [-0.05, 0) is 37.8 Å². The smallest absolute Gasteiger partial charge is 0.106 e. The first-order valence-corrected chi connectivity index (χ1v) is 7.70. The van der Waals surface area contributed by atoms with Crippen LogP contribution in [0.3, 0.4) is 0 Å². The summed E-state index contributed by atoms with van der Waals surface area (Å²) in [6.45, 7) is 0. The monoisotopic (exact) mass is 275 g/mol. The first-order valence-electron chi connectivity index (χ1n) is 6.82. The summed E-state index contributed by atoms with van der Waals surface area (Å²) in [6, 6.07) is 5.11. The van der Waals surface area contributed by atoms with E-state index in [-0.39, 0.29) is 6.10 Å². The van der Waals surface area contributed by atoms with E-state index >= 15 is 0 Å². The Morgan fingerprint density at radius 1 is 1.26 bits per heavy atom. The average molecular weight is 275 g/mol. The number of anilines is 2. The first kappa shape index (κ1) is 11.5. The maximum absolute atomic E-state index is 9.89. The third kappa shape index (κ3) is 1.65. The van der Waals surface area contributed by atoms with Gasteiger partial charge in [0.1, 0.15) is 5.52 Å². The molecule has 4 nitrogen and oxygen atoms in total. The van der Waals surface area contributed by atoms with Gasteiger partial charge in [0.2, 0.25) is 0 Å². The fourth-order valence-corrected chi connectivity index (χ4v) is 4.40. The lowest BCUT2D eigenvalue weighted by Gasteiger charge is -2.39. The normalized spacial score (nSPS) is 30.2. The number of piperidine rings is 1. The van der Waals surface area contributed by atoms with Crippen molar-refractivity contribution in [3.8, 4) is 0 Å². The Morgan fingerprint density at radius 3 is 2.74 bits per heavy atom. The summed E-state index contributed by atoms with van der Waals surface area (Å²) in [5.41, 5.74) is 11.0. The highest BCUT2D eigenvalue weighted by atomic mass is 32.1. The number of aliphatic hydroxyl groups excluding tert-OH is 1. The topological polar surface area (TPSA) is 62.4 Å². The highest BCUT2D eigenvalue weighted by molar-refractivity contribution is 7.16. The zero-order chi connectivity index (χ0) is 13.0. The van der Waals surface area contributed by atoms with Gasteiger partial charge in [-0.1, -0.05) is 0 Å². The summed E-state index contributed by atoms with van der Waals surface area (Å²) in [6.07, 6.45) is 3.92. The highest BCUT2D eigenvalue weighted by Gasteiger charge is 2.41. The quantitative estimate of drug-likeness (QED) is 0.784. The third-order valence-electron chi connectivity index (χ3n) is 4.50. The first-order chi connectivity index (χ1) is 9.24. The predicted molar refractivity (Wildman–Crippen MR) is 78.6 cm³/mol. The second-order valence-corrected chi connectivity index (χ2v) is 6.50. The Kier molecular flexibility index (Phi) is 2.47. The molecule has 0 radical (unpaired) electrons. The maximum atomic E-state index is 9.89. The van der Waals surface area contributed by atoms with Gasteiger partial charge in [-0.15, -0.1) is 11.3 Å². The van der Waals surface area contributed by atoms with Crippen LogP contribution in [0.4, 0.5) is 11.4 Å². The Morgan fingerprint density at radius 2 is 2.00 bits per heavy atom. The van der Waals surface area contributed by atoms with Crippen molar-refractivity contribution in [2.24, 2.45) is 0 Å². The molecule has 1 aromatic carbocycles. The Hall–Kier alpha value is -1.33. The van der Waals surface area contributed by atoms with Gasteiger partial charge in [0.25, 0.3) is 0 Å². The van der Waals surface area contributed by atoms with Crippen molar-refractivity contribution in [1.82, 2.24) is 4.98 Å². The van der Waals surface area contributed by atoms with Gasteiger partial charge in [-0.25, -0.2) is 4.98 Å². The molecule has 19 heavy (non-hydrogen) atoms. The predicted octanol–water partition coefficient (Wildman–Crippen LogP) is 2.37. The lowest BCUT2D eigenvalue weighted by molar-refractivity contribution is 0.126. The number of benzene rings is 1. The number of hydrogen-bond donors (Lipinski definition) is 2. The molecular formula is C14H17N3OS. The van der Waals surface area contributed by atoms with E-state index in [1.165, 1.54) is 0 Å². The van der Waals surface area contributed by atoms with E-state index in [9.17, 15) is 5.11 Å². The van der Waals surface area contributed by atoms with Gasteiger partial charge in [0, 0.05) is 12.1 Å². The minimum atomic E-state index is -0.141. The number of aliphatic hydroxyl groups is 1. The van der Waals surface area contributed by atoms with E-state index < -0.39 is 0 Å². The number of fused-ring (bicyclic) bond motifs is 3. The second kappa shape index (κ2) is 4.08. The summed E-state index contributed by atoms with van der Waals surface area (Å²) in [4.78, 5) is 6.81. The number of nitrogen functional groups attached to an aromatic ring is 1. The van der Waals surface area contributed by atoms with Crippen molar-refractivity contribution >= 4 is 32.9 Å². The standard InChI is InChI=1S/C14H17N3OS/c15-13-11(3-4-12-14(13)16-7-19-12)17-8-1-2-9(17)6-10(18)5-8/h3-4,7-10,18H,1-2,5-6,15H2. The molecule has 3 heterocycles. The molecule has 0 amide bonds. The van der Waals surface area contributed by atoms with E-state index in [2.05, 4.69) is 22.0 Å². The average Bonchev–Trinajstić information content (AvgIpc) is 2.95. The molecule has 2 aromatic rings. The zero-order valence-corrected chi connectivity index (χ0v) is 11.4. The maximum Gasteiger partial charge on any atom is 0.106 e. The molecule has 5 heteroatoms. The number of thiazole rings is 1. The van der Waals surface area contributed by atoms with Crippen molar-refractivity contribution < 1.29 is 5.11 Å². The number of hydrogen-bond acceptors (Lipinski definition) is 5. The second-order valence-electron chi connectivity index (χ2n) is 5.61. The van der Waals surface area contributed by atoms with Crippen LogP contribution in [0.2, 0.25) is 0 Å². The van der Waals surface area contributed by atoms with Crippen molar-refractivity contribution in [3.63, 3.8) is 0 Å². The number of aromatic nitrogens is 1. The van der Waals surface area contributed by atoms with Crippen LogP contribution in [0.1, 0.15) is 25.7 Å². The molecule has 1 aromatic heterocycles. The van der Waals surface area contributed by atoms with Crippen LogP contribution >= 0.6 is 11.3 Å². The van der Waals surface area contributed by atoms with Crippen LogP contribution in [0.5, 0.6) is 0 Å². The van der Waals surface area contributed by atoms with Crippen molar-refractivity contribution in [3.05, 3.63) is 17.6 Å². The summed E-state index contributed by atoms with van der Waals surface area (Å²) in [7, 11) is 0. The largest absolute Gasteiger partial charge is 0.395 e. The summed E-state index contributed by atoms with van der Waals surface area (Å²) in [5, 5.41) is 9.89. The SMILES string of the molecule is Nc1c(N2C3CCC2CC(O)C3)ccc2scnc12. The number of rotatable bonds is 1. The van der Waals surface area contributed by atoms with E-state index in [1.807, 2.05) is 5.51 Å². The van der Waals surface area contributed by atoms with Gasteiger partial charge in [-0.3, -0.25) is 0 Å².